The molecule has 1 heterocycles. The Morgan fingerprint density at radius 1 is 1.56 bits per heavy atom. The van der Waals surface area contributed by atoms with E-state index in [1.807, 2.05) is 6.92 Å². The summed E-state index contributed by atoms with van der Waals surface area (Å²) in [6.07, 6.45) is 0. The van der Waals surface area contributed by atoms with E-state index >= 15 is 0 Å². The number of morpholine rings is 1. The number of rotatable bonds is 7. The van der Waals surface area contributed by atoms with Crippen LogP contribution in [-0.2, 0) is 19.5 Å². The minimum atomic E-state index is -3.22. The first-order valence-electron chi connectivity index (χ1n) is 5.50. The highest BCUT2D eigenvalue weighted by molar-refractivity contribution is 7.89. The molecule has 0 aromatic carbocycles. The fourth-order valence-corrected chi connectivity index (χ4v) is 2.30. The first-order chi connectivity index (χ1) is 7.64. The van der Waals surface area contributed by atoms with Gasteiger partial charge in [-0.25, -0.2) is 13.1 Å². The molecule has 1 aliphatic heterocycles. The average Bonchev–Trinajstić information content (AvgIpc) is 2.28. The van der Waals surface area contributed by atoms with Crippen molar-refractivity contribution in [1.82, 2.24) is 10.0 Å². The molecule has 1 unspecified atom stereocenters. The highest BCUT2D eigenvalue weighted by Crippen LogP contribution is 1.93. The topological polar surface area (TPSA) is 76.7 Å². The monoisotopic (exact) mass is 252 g/mol. The molecule has 0 saturated carbocycles. The minimum absolute atomic E-state index is 0.00835. The Bertz CT molecular complexity index is 275. The van der Waals surface area contributed by atoms with E-state index in [1.165, 1.54) is 0 Å². The van der Waals surface area contributed by atoms with E-state index in [1.54, 1.807) is 0 Å². The third-order valence-corrected chi connectivity index (χ3v) is 3.56. The lowest BCUT2D eigenvalue weighted by Gasteiger charge is -2.23. The van der Waals surface area contributed by atoms with Crippen LogP contribution in [0.1, 0.15) is 6.92 Å². The number of nitrogens with one attached hydrogen (secondary N) is 2. The molecule has 0 aromatic heterocycles. The van der Waals surface area contributed by atoms with Gasteiger partial charge < -0.3 is 14.8 Å². The molecule has 1 saturated heterocycles. The molecule has 0 spiro atoms. The Morgan fingerprint density at radius 2 is 2.38 bits per heavy atom. The summed E-state index contributed by atoms with van der Waals surface area (Å²) in [5.41, 5.74) is 0. The summed E-state index contributed by atoms with van der Waals surface area (Å²) in [6.45, 7) is 4.98. The molecule has 0 aliphatic carbocycles. The molecule has 0 radical (unpaired) electrons. The number of ether oxygens (including phenoxy) is 2. The van der Waals surface area contributed by atoms with Crippen molar-refractivity contribution in [2.75, 3.05) is 45.3 Å². The smallest absolute Gasteiger partial charge is 0.213 e. The van der Waals surface area contributed by atoms with Gasteiger partial charge in [-0.15, -0.1) is 0 Å². The van der Waals surface area contributed by atoms with Gasteiger partial charge in [-0.3, -0.25) is 0 Å². The Kier molecular flexibility index (Phi) is 6.22. The molecular weight excluding hydrogens is 232 g/mol. The Hall–Kier alpha value is -0.210. The number of sulfonamides is 1. The third-order valence-electron chi connectivity index (χ3n) is 2.25. The molecule has 1 atom stereocenters. The minimum Gasteiger partial charge on any atom is -0.381 e. The lowest BCUT2D eigenvalue weighted by molar-refractivity contribution is 0.0783. The molecule has 7 heteroatoms. The Morgan fingerprint density at radius 3 is 3.00 bits per heavy atom. The van der Waals surface area contributed by atoms with Crippen LogP contribution in [0.4, 0.5) is 0 Å². The molecule has 1 fully saturated rings. The summed E-state index contributed by atoms with van der Waals surface area (Å²) in [6, 6.07) is 0.0654. The van der Waals surface area contributed by atoms with Crippen LogP contribution in [0.15, 0.2) is 0 Å². The van der Waals surface area contributed by atoms with Crippen molar-refractivity contribution in [2.45, 2.75) is 13.0 Å². The van der Waals surface area contributed by atoms with E-state index in [0.29, 0.717) is 26.4 Å². The van der Waals surface area contributed by atoms with Crippen molar-refractivity contribution in [1.29, 1.82) is 0 Å². The van der Waals surface area contributed by atoms with Crippen LogP contribution < -0.4 is 10.0 Å². The molecular formula is C9H20N2O4S. The van der Waals surface area contributed by atoms with E-state index in [-0.39, 0.29) is 18.4 Å². The molecule has 0 amide bonds. The predicted octanol–water partition coefficient (Wildman–Crippen LogP) is -1.07. The van der Waals surface area contributed by atoms with Gasteiger partial charge in [0.2, 0.25) is 10.0 Å². The van der Waals surface area contributed by atoms with Crippen LogP contribution in [0.2, 0.25) is 0 Å². The molecule has 1 aliphatic rings. The van der Waals surface area contributed by atoms with Crippen LogP contribution in [0.5, 0.6) is 0 Å². The normalized spacial score (nSPS) is 22.2. The van der Waals surface area contributed by atoms with E-state index < -0.39 is 10.0 Å². The van der Waals surface area contributed by atoms with Crippen molar-refractivity contribution >= 4 is 10.0 Å². The van der Waals surface area contributed by atoms with Gasteiger partial charge >= 0.3 is 0 Å². The SMILES string of the molecule is CCOCCS(=O)(=O)NCC1COCCN1. The Balaban J connectivity index is 2.18. The zero-order chi connectivity index (χ0) is 11.9. The van der Waals surface area contributed by atoms with Crippen molar-refractivity contribution in [3.8, 4) is 0 Å². The van der Waals surface area contributed by atoms with E-state index in [9.17, 15) is 8.42 Å². The number of hydrogen-bond donors (Lipinski definition) is 2. The van der Waals surface area contributed by atoms with Crippen molar-refractivity contribution < 1.29 is 17.9 Å². The van der Waals surface area contributed by atoms with Gasteiger partial charge in [0.25, 0.3) is 0 Å². The quantitative estimate of drug-likeness (QED) is 0.564. The summed E-state index contributed by atoms with van der Waals surface area (Å²) in [4.78, 5) is 0. The first kappa shape index (κ1) is 13.9. The van der Waals surface area contributed by atoms with Gasteiger partial charge in [-0.1, -0.05) is 0 Å². The largest absolute Gasteiger partial charge is 0.381 e. The van der Waals surface area contributed by atoms with Crippen LogP contribution in [0.3, 0.4) is 0 Å². The van der Waals surface area contributed by atoms with Crippen molar-refractivity contribution in [3.05, 3.63) is 0 Å². The molecule has 1 rings (SSSR count). The van der Waals surface area contributed by atoms with Crippen LogP contribution in [0.25, 0.3) is 0 Å². The second-order valence-electron chi connectivity index (χ2n) is 3.59. The summed E-state index contributed by atoms with van der Waals surface area (Å²) >= 11 is 0. The van der Waals surface area contributed by atoms with Gasteiger partial charge in [0.15, 0.2) is 0 Å². The second-order valence-corrected chi connectivity index (χ2v) is 5.52. The number of hydrogen-bond acceptors (Lipinski definition) is 5. The van der Waals surface area contributed by atoms with Crippen LogP contribution >= 0.6 is 0 Å². The lowest BCUT2D eigenvalue weighted by atomic mass is 10.3. The summed E-state index contributed by atoms with van der Waals surface area (Å²) < 4.78 is 35.7. The Labute approximate surface area is 96.7 Å². The zero-order valence-electron chi connectivity index (χ0n) is 9.57. The van der Waals surface area contributed by atoms with E-state index in [2.05, 4.69) is 10.0 Å². The first-order valence-corrected chi connectivity index (χ1v) is 7.15. The van der Waals surface area contributed by atoms with Gasteiger partial charge in [-0.2, -0.15) is 0 Å². The van der Waals surface area contributed by atoms with Gasteiger partial charge in [-0.05, 0) is 6.92 Å². The second kappa shape index (κ2) is 7.18. The zero-order valence-corrected chi connectivity index (χ0v) is 10.4. The average molecular weight is 252 g/mol. The van der Waals surface area contributed by atoms with E-state index in [4.69, 9.17) is 9.47 Å². The standard InChI is InChI=1S/C9H20N2O4S/c1-2-14-5-6-16(12,13)11-7-9-8-15-4-3-10-9/h9-11H,2-8H2,1H3. The van der Waals surface area contributed by atoms with Gasteiger partial charge in [0, 0.05) is 25.7 Å². The third kappa shape index (κ3) is 5.76. The summed E-state index contributed by atoms with van der Waals surface area (Å²) in [5.74, 6) is 0.00835. The van der Waals surface area contributed by atoms with Gasteiger partial charge in [0.1, 0.15) is 0 Å². The van der Waals surface area contributed by atoms with E-state index in [0.717, 1.165) is 6.54 Å². The maximum Gasteiger partial charge on any atom is 0.213 e. The fourth-order valence-electron chi connectivity index (χ4n) is 1.36. The molecule has 0 bridgehead atoms. The summed E-state index contributed by atoms with van der Waals surface area (Å²) in [7, 11) is -3.22. The molecule has 16 heavy (non-hydrogen) atoms. The van der Waals surface area contributed by atoms with Crippen LogP contribution in [-0.4, -0.2) is 59.7 Å². The van der Waals surface area contributed by atoms with Crippen LogP contribution in [0, 0.1) is 0 Å². The van der Waals surface area contributed by atoms with Gasteiger partial charge in [0.05, 0.1) is 25.6 Å². The van der Waals surface area contributed by atoms with Crippen molar-refractivity contribution in [3.63, 3.8) is 0 Å². The fraction of sp³-hybridized carbons (Fsp3) is 1.00. The van der Waals surface area contributed by atoms with Crippen molar-refractivity contribution in [2.24, 2.45) is 0 Å². The lowest BCUT2D eigenvalue weighted by Crippen LogP contribution is -2.48. The molecule has 6 nitrogen and oxygen atoms in total. The maximum absolute atomic E-state index is 11.5. The molecule has 2 N–H and O–H groups in total. The molecule has 0 aromatic rings. The summed E-state index contributed by atoms with van der Waals surface area (Å²) in [5, 5.41) is 3.18. The maximum atomic E-state index is 11.5. The molecule has 96 valence electrons. The highest BCUT2D eigenvalue weighted by Gasteiger charge is 2.16. The highest BCUT2D eigenvalue weighted by atomic mass is 32.2. The predicted molar refractivity (Wildman–Crippen MR) is 60.9 cm³/mol.